The van der Waals surface area contributed by atoms with E-state index in [-0.39, 0.29) is 11.8 Å². The molecule has 100 valence electrons. The fourth-order valence-corrected chi connectivity index (χ4v) is 1.75. The number of nitrogens with one attached hydrogen (secondary N) is 1. The van der Waals surface area contributed by atoms with Gasteiger partial charge in [0.2, 0.25) is 5.91 Å². The summed E-state index contributed by atoms with van der Waals surface area (Å²) >= 11 is 0. The van der Waals surface area contributed by atoms with Crippen LogP contribution in [0.4, 0.5) is 5.69 Å². The fourth-order valence-electron chi connectivity index (χ4n) is 1.75. The highest BCUT2D eigenvalue weighted by atomic mass is 16.1. The number of rotatable bonds is 4. The van der Waals surface area contributed by atoms with Gasteiger partial charge >= 0.3 is 0 Å². The lowest BCUT2D eigenvalue weighted by molar-refractivity contribution is -0.119. The average molecular weight is 258 g/mol. The SMILES string of the molecule is Cc1nnn(C[C@H](C)C(=O)Nc2ccccc2)c1C. The Morgan fingerprint density at radius 2 is 2.00 bits per heavy atom. The molecule has 2 aromatic rings. The molecule has 1 aromatic heterocycles. The van der Waals surface area contributed by atoms with E-state index < -0.39 is 0 Å². The molecule has 19 heavy (non-hydrogen) atoms. The third-order valence-corrected chi connectivity index (χ3v) is 3.15. The predicted octanol–water partition coefficient (Wildman–Crippen LogP) is 2.17. The maximum atomic E-state index is 12.1. The highest BCUT2D eigenvalue weighted by Gasteiger charge is 2.16. The molecule has 0 radical (unpaired) electrons. The molecule has 0 aliphatic rings. The number of aryl methyl sites for hydroxylation is 1. The summed E-state index contributed by atoms with van der Waals surface area (Å²) in [5.41, 5.74) is 2.71. The average Bonchev–Trinajstić information content (AvgIpc) is 2.72. The molecule has 1 aromatic carbocycles. The summed E-state index contributed by atoms with van der Waals surface area (Å²) in [6.07, 6.45) is 0. The van der Waals surface area contributed by atoms with Gasteiger partial charge in [-0.2, -0.15) is 0 Å². The minimum absolute atomic E-state index is 0.0150. The molecular formula is C14H18N4O. The van der Waals surface area contributed by atoms with Gasteiger partial charge in [-0.15, -0.1) is 5.10 Å². The van der Waals surface area contributed by atoms with Gasteiger partial charge in [-0.25, -0.2) is 4.68 Å². The quantitative estimate of drug-likeness (QED) is 0.914. The first-order valence-corrected chi connectivity index (χ1v) is 6.30. The van der Waals surface area contributed by atoms with Gasteiger partial charge in [0.1, 0.15) is 0 Å². The molecule has 0 saturated carbocycles. The van der Waals surface area contributed by atoms with Crippen molar-refractivity contribution in [1.29, 1.82) is 0 Å². The molecule has 5 nitrogen and oxygen atoms in total. The Morgan fingerprint density at radius 1 is 1.32 bits per heavy atom. The summed E-state index contributed by atoms with van der Waals surface area (Å²) < 4.78 is 1.77. The van der Waals surface area contributed by atoms with Crippen molar-refractivity contribution >= 4 is 11.6 Å². The molecule has 1 N–H and O–H groups in total. The Morgan fingerprint density at radius 3 is 2.58 bits per heavy atom. The summed E-state index contributed by atoms with van der Waals surface area (Å²) in [4.78, 5) is 12.1. The molecule has 2 rings (SSSR count). The van der Waals surface area contributed by atoms with Crippen molar-refractivity contribution in [2.45, 2.75) is 27.3 Å². The number of carbonyl (C=O) groups is 1. The van der Waals surface area contributed by atoms with E-state index >= 15 is 0 Å². The number of hydrogen-bond donors (Lipinski definition) is 1. The van der Waals surface area contributed by atoms with Crippen molar-refractivity contribution < 1.29 is 4.79 Å². The lowest BCUT2D eigenvalue weighted by Gasteiger charge is -2.12. The zero-order valence-corrected chi connectivity index (χ0v) is 11.4. The molecule has 0 spiro atoms. The largest absolute Gasteiger partial charge is 0.326 e. The highest BCUT2D eigenvalue weighted by molar-refractivity contribution is 5.92. The van der Waals surface area contributed by atoms with Crippen molar-refractivity contribution in [1.82, 2.24) is 15.0 Å². The molecule has 0 saturated heterocycles. The molecule has 0 fully saturated rings. The van der Waals surface area contributed by atoms with Gasteiger partial charge in [0, 0.05) is 5.69 Å². The van der Waals surface area contributed by atoms with E-state index in [1.165, 1.54) is 0 Å². The zero-order valence-electron chi connectivity index (χ0n) is 11.4. The van der Waals surface area contributed by atoms with Crippen LogP contribution in [0.15, 0.2) is 30.3 Å². The minimum Gasteiger partial charge on any atom is -0.326 e. The van der Waals surface area contributed by atoms with E-state index in [0.717, 1.165) is 17.1 Å². The molecule has 0 aliphatic heterocycles. The minimum atomic E-state index is -0.167. The standard InChI is InChI=1S/C14H18N4O/c1-10(9-18-12(3)11(2)16-17-18)14(19)15-13-7-5-4-6-8-13/h4-8,10H,9H2,1-3H3,(H,15,19)/t10-/m0/s1. The number of anilines is 1. The Balaban J connectivity index is 1.98. The van der Waals surface area contributed by atoms with E-state index in [1.807, 2.05) is 51.1 Å². The van der Waals surface area contributed by atoms with E-state index in [4.69, 9.17) is 0 Å². The topological polar surface area (TPSA) is 59.8 Å². The Bertz CT molecular complexity index is 562. The second-order valence-electron chi connectivity index (χ2n) is 4.70. The van der Waals surface area contributed by atoms with Gasteiger partial charge in [0.25, 0.3) is 0 Å². The number of hydrogen-bond acceptors (Lipinski definition) is 3. The van der Waals surface area contributed by atoms with Gasteiger partial charge < -0.3 is 5.32 Å². The van der Waals surface area contributed by atoms with Crippen LogP contribution in [0.1, 0.15) is 18.3 Å². The maximum Gasteiger partial charge on any atom is 0.229 e. The predicted molar refractivity (Wildman–Crippen MR) is 73.7 cm³/mol. The van der Waals surface area contributed by atoms with Crippen LogP contribution in [0, 0.1) is 19.8 Å². The number of para-hydroxylation sites is 1. The van der Waals surface area contributed by atoms with Crippen LogP contribution < -0.4 is 5.32 Å². The third-order valence-electron chi connectivity index (χ3n) is 3.15. The van der Waals surface area contributed by atoms with Crippen molar-refractivity contribution in [2.75, 3.05) is 5.32 Å². The van der Waals surface area contributed by atoms with Gasteiger partial charge in [-0.3, -0.25) is 4.79 Å². The molecule has 0 unspecified atom stereocenters. The summed E-state index contributed by atoms with van der Waals surface area (Å²) in [7, 11) is 0. The number of carbonyl (C=O) groups excluding carboxylic acids is 1. The first-order valence-electron chi connectivity index (χ1n) is 6.30. The monoisotopic (exact) mass is 258 g/mol. The summed E-state index contributed by atoms with van der Waals surface area (Å²) in [6.45, 7) is 6.28. The summed E-state index contributed by atoms with van der Waals surface area (Å²) in [5.74, 6) is -0.182. The van der Waals surface area contributed by atoms with Crippen molar-refractivity contribution in [3.8, 4) is 0 Å². The normalized spacial score (nSPS) is 12.2. The maximum absolute atomic E-state index is 12.1. The second-order valence-corrected chi connectivity index (χ2v) is 4.70. The number of nitrogens with zero attached hydrogens (tertiary/aromatic N) is 3. The molecule has 1 amide bonds. The van der Waals surface area contributed by atoms with Crippen LogP contribution in [0.3, 0.4) is 0 Å². The molecule has 5 heteroatoms. The number of benzene rings is 1. The van der Waals surface area contributed by atoms with Crippen LogP contribution in [0.2, 0.25) is 0 Å². The zero-order chi connectivity index (χ0) is 13.8. The van der Waals surface area contributed by atoms with Gasteiger partial charge in [0.15, 0.2) is 0 Å². The number of amides is 1. The van der Waals surface area contributed by atoms with Gasteiger partial charge in [0.05, 0.1) is 23.9 Å². The van der Waals surface area contributed by atoms with Crippen molar-refractivity contribution in [3.63, 3.8) is 0 Å². The smallest absolute Gasteiger partial charge is 0.229 e. The van der Waals surface area contributed by atoms with E-state index in [1.54, 1.807) is 4.68 Å². The molecule has 1 atom stereocenters. The van der Waals surface area contributed by atoms with Crippen LogP contribution in [-0.4, -0.2) is 20.9 Å². The van der Waals surface area contributed by atoms with Crippen LogP contribution in [0.5, 0.6) is 0 Å². The molecule has 0 bridgehead atoms. The first kappa shape index (κ1) is 13.3. The van der Waals surface area contributed by atoms with Crippen molar-refractivity contribution in [3.05, 3.63) is 41.7 Å². The molecule has 1 heterocycles. The fraction of sp³-hybridized carbons (Fsp3) is 0.357. The van der Waals surface area contributed by atoms with E-state index in [0.29, 0.717) is 6.54 Å². The molecule has 0 aliphatic carbocycles. The van der Waals surface area contributed by atoms with E-state index in [2.05, 4.69) is 15.6 Å². The van der Waals surface area contributed by atoms with Gasteiger partial charge in [-0.1, -0.05) is 30.3 Å². The highest BCUT2D eigenvalue weighted by Crippen LogP contribution is 2.10. The van der Waals surface area contributed by atoms with Crippen molar-refractivity contribution in [2.24, 2.45) is 5.92 Å². The lowest BCUT2D eigenvalue weighted by atomic mass is 10.1. The van der Waals surface area contributed by atoms with Crippen LogP contribution in [0.25, 0.3) is 0 Å². The number of aromatic nitrogens is 3. The van der Waals surface area contributed by atoms with E-state index in [9.17, 15) is 4.79 Å². The Hall–Kier alpha value is -2.17. The van der Waals surface area contributed by atoms with Crippen LogP contribution >= 0.6 is 0 Å². The Kier molecular flexibility index (Phi) is 3.94. The first-order chi connectivity index (χ1) is 9.08. The van der Waals surface area contributed by atoms with Gasteiger partial charge in [-0.05, 0) is 26.0 Å². The third kappa shape index (κ3) is 3.19. The molecular weight excluding hydrogens is 240 g/mol. The summed E-state index contributed by atoms with van der Waals surface area (Å²) in [6, 6.07) is 9.45. The van der Waals surface area contributed by atoms with Crippen LogP contribution in [-0.2, 0) is 11.3 Å². The second kappa shape index (κ2) is 5.65. The Labute approximate surface area is 112 Å². The summed E-state index contributed by atoms with van der Waals surface area (Å²) in [5, 5.41) is 10.9. The lowest BCUT2D eigenvalue weighted by Crippen LogP contribution is -2.25.